The van der Waals surface area contributed by atoms with Crippen molar-refractivity contribution in [3.05, 3.63) is 77.1 Å². The van der Waals surface area contributed by atoms with Gasteiger partial charge in [0, 0.05) is 27.5 Å². The van der Waals surface area contributed by atoms with Crippen LogP contribution in [-0.2, 0) is 0 Å². The molecule has 2 N–H and O–H groups in total. The molecular weight excluding hydrogens is 358 g/mol. The van der Waals surface area contributed by atoms with Crippen LogP contribution in [-0.4, -0.2) is 15.9 Å². The van der Waals surface area contributed by atoms with Gasteiger partial charge in [-0.05, 0) is 80.4 Å². The molecule has 3 aromatic rings. The van der Waals surface area contributed by atoms with Gasteiger partial charge in [-0.15, -0.1) is 0 Å². The van der Waals surface area contributed by atoms with Gasteiger partial charge in [-0.1, -0.05) is 0 Å². The predicted octanol–water partition coefficient (Wildman–Crippen LogP) is 4.34. The number of nitriles is 1. The summed E-state index contributed by atoms with van der Waals surface area (Å²) in [5.74, 6) is 0.345. The number of benzene rings is 2. The number of rotatable bonds is 5. The Morgan fingerprint density at radius 1 is 1.00 bits per heavy atom. The first-order valence-corrected chi connectivity index (χ1v) is 9.02. The summed E-state index contributed by atoms with van der Waals surface area (Å²) in [4.78, 5) is 21.9. The molecule has 134 valence electrons. The van der Waals surface area contributed by atoms with E-state index in [9.17, 15) is 4.79 Å². The van der Waals surface area contributed by atoms with E-state index in [0.717, 1.165) is 16.3 Å². The Labute approximate surface area is 161 Å². The number of nitrogens with one attached hydrogen (secondary N) is 2. The molecular formula is C20H17N5OS. The van der Waals surface area contributed by atoms with Crippen LogP contribution in [0.4, 0.5) is 11.6 Å². The third kappa shape index (κ3) is 5.06. The zero-order valence-corrected chi connectivity index (χ0v) is 15.7. The zero-order valence-electron chi connectivity index (χ0n) is 14.9. The van der Waals surface area contributed by atoms with E-state index in [1.54, 1.807) is 24.3 Å². The van der Waals surface area contributed by atoms with Crippen LogP contribution in [0.25, 0.3) is 0 Å². The van der Waals surface area contributed by atoms with Crippen molar-refractivity contribution in [1.82, 2.24) is 9.97 Å². The van der Waals surface area contributed by atoms with Crippen LogP contribution in [0.2, 0.25) is 0 Å². The van der Waals surface area contributed by atoms with Gasteiger partial charge < -0.3 is 5.32 Å². The highest BCUT2D eigenvalue weighted by Crippen LogP contribution is 2.21. The molecule has 7 heteroatoms. The fraction of sp³-hybridized carbons (Fsp3) is 0.100. The Morgan fingerprint density at radius 3 is 2.22 bits per heavy atom. The molecule has 0 aliphatic carbocycles. The largest absolute Gasteiger partial charge is 0.322 e. The first kappa shape index (κ1) is 18.4. The van der Waals surface area contributed by atoms with Crippen molar-refractivity contribution in [3.63, 3.8) is 0 Å². The molecule has 0 aliphatic heterocycles. The Kier molecular flexibility index (Phi) is 5.69. The van der Waals surface area contributed by atoms with Gasteiger partial charge in [-0.3, -0.25) is 9.52 Å². The van der Waals surface area contributed by atoms with Gasteiger partial charge in [0.05, 0.1) is 11.6 Å². The maximum Gasteiger partial charge on any atom is 0.255 e. The number of aryl methyl sites for hydroxylation is 2. The van der Waals surface area contributed by atoms with Crippen LogP contribution in [0.1, 0.15) is 27.3 Å². The first-order chi connectivity index (χ1) is 13.0. The summed E-state index contributed by atoms with van der Waals surface area (Å²) in [6.07, 6.45) is 0. The fourth-order valence-corrected chi connectivity index (χ4v) is 2.95. The van der Waals surface area contributed by atoms with E-state index in [4.69, 9.17) is 5.26 Å². The van der Waals surface area contributed by atoms with Gasteiger partial charge in [0.1, 0.15) is 0 Å². The Balaban J connectivity index is 1.59. The summed E-state index contributed by atoms with van der Waals surface area (Å²) in [6, 6.07) is 17.9. The molecule has 1 heterocycles. The number of aromatic nitrogens is 2. The highest BCUT2D eigenvalue weighted by Gasteiger charge is 2.06. The molecule has 0 unspecified atom stereocenters. The molecule has 6 nitrogen and oxygen atoms in total. The van der Waals surface area contributed by atoms with Gasteiger partial charge >= 0.3 is 0 Å². The Morgan fingerprint density at radius 2 is 1.63 bits per heavy atom. The standard InChI is InChI=1S/C20H17N5OS/c1-13-11-14(2)23-20(22-13)25-27-18-9-7-17(8-10-18)24-19(26)16-5-3-15(12-21)4-6-16/h3-11H,1-2H3,(H,24,26)(H,22,23,25). The monoisotopic (exact) mass is 375 g/mol. The van der Waals surface area contributed by atoms with Crippen LogP contribution in [0.15, 0.2) is 59.5 Å². The van der Waals surface area contributed by atoms with Crippen molar-refractivity contribution in [3.8, 4) is 6.07 Å². The molecule has 0 bridgehead atoms. The number of nitrogens with zero attached hydrogens (tertiary/aromatic N) is 3. The number of carbonyl (C=O) groups excluding carboxylic acids is 1. The van der Waals surface area contributed by atoms with Gasteiger partial charge in [-0.25, -0.2) is 9.97 Å². The molecule has 1 aromatic heterocycles. The molecule has 2 aromatic carbocycles. The van der Waals surface area contributed by atoms with E-state index < -0.39 is 0 Å². The molecule has 0 aliphatic rings. The summed E-state index contributed by atoms with van der Waals surface area (Å²) in [5, 5.41) is 11.6. The van der Waals surface area contributed by atoms with E-state index in [1.807, 2.05) is 50.2 Å². The molecule has 1 amide bonds. The average Bonchev–Trinajstić information content (AvgIpc) is 2.67. The second kappa shape index (κ2) is 8.34. The average molecular weight is 375 g/mol. The summed E-state index contributed by atoms with van der Waals surface area (Å²) >= 11 is 1.40. The van der Waals surface area contributed by atoms with Gasteiger partial charge in [0.25, 0.3) is 5.91 Å². The molecule has 27 heavy (non-hydrogen) atoms. The first-order valence-electron chi connectivity index (χ1n) is 8.20. The minimum absolute atomic E-state index is 0.221. The molecule has 0 radical (unpaired) electrons. The smallest absolute Gasteiger partial charge is 0.255 e. The third-order valence-electron chi connectivity index (χ3n) is 3.63. The van der Waals surface area contributed by atoms with Crippen LogP contribution in [0.3, 0.4) is 0 Å². The number of hydrogen-bond acceptors (Lipinski definition) is 6. The molecule has 0 spiro atoms. The Bertz CT molecular complexity index is 974. The summed E-state index contributed by atoms with van der Waals surface area (Å²) < 4.78 is 3.12. The quantitative estimate of drug-likeness (QED) is 0.645. The highest BCUT2D eigenvalue weighted by atomic mass is 32.2. The number of carbonyl (C=O) groups is 1. The van der Waals surface area contributed by atoms with E-state index >= 15 is 0 Å². The van der Waals surface area contributed by atoms with E-state index in [2.05, 4.69) is 20.0 Å². The van der Waals surface area contributed by atoms with Crippen molar-refractivity contribution in [1.29, 1.82) is 5.26 Å². The van der Waals surface area contributed by atoms with Crippen molar-refractivity contribution in [2.24, 2.45) is 0 Å². The lowest BCUT2D eigenvalue weighted by Gasteiger charge is -2.08. The van der Waals surface area contributed by atoms with Crippen molar-refractivity contribution in [2.75, 3.05) is 10.0 Å². The normalized spacial score (nSPS) is 10.1. The van der Waals surface area contributed by atoms with E-state index in [-0.39, 0.29) is 5.91 Å². The topological polar surface area (TPSA) is 90.7 Å². The SMILES string of the molecule is Cc1cc(C)nc(NSc2ccc(NC(=O)c3ccc(C#N)cc3)cc2)n1. The van der Waals surface area contributed by atoms with Crippen LogP contribution >= 0.6 is 11.9 Å². The van der Waals surface area contributed by atoms with E-state index in [0.29, 0.717) is 22.8 Å². The van der Waals surface area contributed by atoms with Crippen LogP contribution < -0.4 is 10.0 Å². The second-order valence-corrected chi connectivity index (χ2v) is 6.73. The minimum Gasteiger partial charge on any atom is -0.322 e. The van der Waals surface area contributed by atoms with Crippen molar-refractivity contribution < 1.29 is 4.79 Å². The van der Waals surface area contributed by atoms with Crippen molar-refractivity contribution in [2.45, 2.75) is 18.7 Å². The molecule has 3 rings (SSSR count). The van der Waals surface area contributed by atoms with Gasteiger partial charge in [0.2, 0.25) is 5.95 Å². The number of anilines is 2. The lowest BCUT2D eigenvalue weighted by molar-refractivity contribution is 0.102. The lowest BCUT2D eigenvalue weighted by atomic mass is 10.1. The van der Waals surface area contributed by atoms with Crippen LogP contribution in [0.5, 0.6) is 0 Å². The minimum atomic E-state index is -0.221. The lowest BCUT2D eigenvalue weighted by Crippen LogP contribution is -2.11. The molecule has 0 atom stereocenters. The van der Waals surface area contributed by atoms with Crippen LogP contribution in [0, 0.1) is 25.2 Å². The Hall–Kier alpha value is -3.37. The second-order valence-electron chi connectivity index (χ2n) is 5.85. The molecule has 0 saturated heterocycles. The molecule has 0 saturated carbocycles. The van der Waals surface area contributed by atoms with Crippen molar-refractivity contribution >= 4 is 29.5 Å². The number of hydrogen-bond donors (Lipinski definition) is 2. The summed E-state index contributed by atoms with van der Waals surface area (Å²) in [7, 11) is 0. The van der Waals surface area contributed by atoms with Gasteiger partial charge in [0.15, 0.2) is 0 Å². The highest BCUT2D eigenvalue weighted by molar-refractivity contribution is 8.00. The maximum absolute atomic E-state index is 12.2. The van der Waals surface area contributed by atoms with E-state index in [1.165, 1.54) is 11.9 Å². The fourth-order valence-electron chi connectivity index (χ4n) is 2.38. The molecule has 0 fully saturated rings. The third-order valence-corrected chi connectivity index (χ3v) is 4.42. The summed E-state index contributed by atoms with van der Waals surface area (Å²) in [5.41, 5.74) is 3.53. The van der Waals surface area contributed by atoms with Gasteiger partial charge in [-0.2, -0.15) is 5.26 Å². The summed E-state index contributed by atoms with van der Waals surface area (Å²) in [6.45, 7) is 3.85. The predicted molar refractivity (Wildman–Crippen MR) is 107 cm³/mol. The maximum atomic E-state index is 12.2. The number of amides is 1. The zero-order chi connectivity index (χ0) is 19.2.